The Kier molecular flexibility index (Phi) is 4.20. The summed E-state index contributed by atoms with van der Waals surface area (Å²) in [6.45, 7) is 4.64. The number of pyridine rings is 1. The first-order chi connectivity index (χ1) is 8.50. The molecule has 1 aromatic heterocycles. The van der Waals surface area contributed by atoms with Crippen LogP contribution in [-0.4, -0.2) is 24.7 Å². The highest BCUT2D eigenvalue weighted by molar-refractivity contribution is 6.37. The molecule has 6 heteroatoms. The maximum atomic E-state index is 6.07. The van der Waals surface area contributed by atoms with Crippen LogP contribution < -0.4 is 11.1 Å². The third-order valence-corrected chi connectivity index (χ3v) is 3.93. The van der Waals surface area contributed by atoms with Gasteiger partial charge in [-0.3, -0.25) is 0 Å². The fourth-order valence-corrected chi connectivity index (χ4v) is 2.37. The van der Waals surface area contributed by atoms with Crippen LogP contribution in [0, 0.1) is 5.41 Å². The summed E-state index contributed by atoms with van der Waals surface area (Å²) >= 11 is 11.9. The Hall–Kier alpha value is -0.710. The van der Waals surface area contributed by atoms with Gasteiger partial charge in [0, 0.05) is 19.8 Å². The van der Waals surface area contributed by atoms with Crippen molar-refractivity contribution >= 4 is 34.8 Å². The lowest BCUT2D eigenvalue weighted by atomic mass is 9.82. The lowest BCUT2D eigenvalue weighted by Gasteiger charge is -2.33. The van der Waals surface area contributed by atoms with E-state index in [9.17, 15) is 0 Å². The Morgan fingerprint density at radius 3 is 2.72 bits per heavy atom. The molecule has 18 heavy (non-hydrogen) atoms. The van der Waals surface area contributed by atoms with E-state index in [-0.39, 0.29) is 5.41 Å². The number of nitrogens with zero attached hydrogens (tertiary/aromatic N) is 1. The number of rotatable bonds is 3. The summed E-state index contributed by atoms with van der Waals surface area (Å²) < 4.78 is 5.37. The predicted octanol–water partition coefficient (Wildman–Crippen LogP) is 3.20. The first-order valence-electron chi connectivity index (χ1n) is 5.93. The Morgan fingerprint density at radius 2 is 2.06 bits per heavy atom. The van der Waals surface area contributed by atoms with Crippen molar-refractivity contribution in [2.75, 3.05) is 30.8 Å². The zero-order valence-corrected chi connectivity index (χ0v) is 11.8. The molecule has 2 heterocycles. The molecule has 1 aliphatic rings. The second-order valence-electron chi connectivity index (χ2n) is 4.96. The molecule has 1 aliphatic heterocycles. The Balaban J connectivity index is 2.03. The third kappa shape index (κ3) is 3.19. The number of anilines is 2. The molecular formula is C12H17Cl2N3O. The van der Waals surface area contributed by atoms with Gasteiger partial charge in [-0.1, -0.05) is 30.1 Å². The molecule has 1 fully saturated rings. The monoisotopic (exact) mass is 289 g/mol. The number of halogens is 2. The SMILES string of the molecule is CC1(CNc2nc(N)c(Cl)cc2Cl)CCOCC1. The predicted molar refractivity (Wildman–Crippen MR) is 75.3 cm³/mol. The van der Waals surface area contributed by atoms with Gasteiger partial charge in [-0.05, 0) is 24.3 Å². The van der Waals surface area contributed by atoms with Gasteiger partial charge in [-0.25, -0.2) is 4.98 Å². The number of nitrogens with one attached hydrogen (secondary N) is 1. The van der Waals surface area contributed by atoms with E-state index in [1.807, 2.05) is 0 Å². The summed E-state index contributed by atoms with van der Waals surface area (Å²) in [6.07, 6.45) is 2.06. The zero-order chi connectivity index (χ0) is 13.2. The molecule has 3 N–H and O–H groups in total. The second kappa shape index (κ2) is 5.51. The number of hydrogen-bond donors (Lipinski definition) is 2. The van der Waals surface area contributed by atoms with Gasteiger partial charge >= 0.3 is 0 Å². The number of nitrogen functional groups attached to an aromatic ring is 1. The summed E-state index contributed by atoms with van der Waals surface area (Å²) in [7, 11) is 0. The standard InChI is InChI=1S/C12H17Cl2N3O/c1-12(2-4-18-5-3-12)7-16-11-9(14)6-8(13)10(15)17-11/h6H,2-5,7H2,1H3,(H3,15,16,17). The van der Waals surface area contributed by atoms with Crippen LogP contribution in [0.25, 0.3) is 0 Å². The van der Waals surface area contributed by atoms with Gasteiger partial charge in [-0.15, -0.1) is 0 Å². The minimum Gasteiger partial charge on any atom is -0.382 e. The molecule has 0 aliphatic carbocycles. The summed E-state index contributed by atoms with van der Waals surface area (Å²) in [4.78, 5) is 4.16. The maximum Gasteiger partial charge on any atom is 0.147 e. The van der Waals surface area contributed by atoms with Gasteiger partial charge in [-0.2, -0.15) is 0 Å². The molecule has 0 saturated carbocycles. The summed E-state index contributed by atoms with van der Waals surface area (Å²) in [6, 6.07) is 1.61. The normalized spacial score (nSPS) is 18.6. The lowest BCUT2D eigenvalue weighted by molar-refractivity contribution is 0.0300. The molecule has 1 saturated heterocycles. The molecule has 0 amide bonds. The van der Waals surface area contributed by atoms with Crippen LogP contribution in [0.3, 0.4) is 0 Å². The maximum absolute atomic E-state index is 6.07. The van der Waals surface area contributed by atoms with E-state index in [1.54, 1.807) is 6.07 Å². The van der Waals surface area contributed by atoms with Crippen molar-refractivity contribution in [1.82, 2.24) is 4.98 Å². The molecule has 1 aromatic rings. The van der Waals surface area contributed by atoms with Gasteiger partial charge in [0.1, 0.15) is 11.6 Å². The van der Waals surface area contributed by atoms with E-state index in [2.05, 4.69) is 17.2 Å². The Bertz CT molecular complexity index is 434. The van der Waals surface area contributed by atoms with Crippen molar-refractivity contribution in [1.29, 1.82) is 0 Å². The van der Waals surface area contributed by atoms with Crippen LogP contribution in [0.15, 0.2) is 6.07 Å². The van der Waals surface area contributed by atoms with Crippen molar-refractivity contribution < 1.29 is 4.74 Å². The van der Waals surface area contributed by atoms with Crippen molar-refractivity contribution in [3.63, 3.8) is 0 Å². The molecule has 0 atom stereocenters. The lowest BCUT2D eigenvalue weighted by Crippen LogP contribution is -2.33. The van der Waals surface area contributed by atoms with Gasteiger partial charge in [0.2, 0.25) is 0 Å². The third-order valence-electron chi connectivity index (χ3n) is 3.34. The molecule has 0 spiro atoms. The van der Waals surface area contributed by atoms with Gasteiger partial charge in [0.15, 0.2) is 0 Å². The van der Waals surface area contributed by atoms with Crippen LogP contribution in [0.5, 0.6) is 0 Å². The van der Waals surface area contributed by atoms with E-state index in [4.69, 9.17) is 33.7 Å². The molecule has 0 bridgehead atoms. The minimum atomic E-state index is 0.206. The summed E-state index contributed by atoms with van der Waals surface area (Å²) in [5.74, 6) is 0.881. The molecule has 0 unspecified atom stereocenters. The molecule has 2 rings (SSSR count). The zero-order valence-electron chi connectivity index (χ0n) is 10.3. The molecule has 100 valence electrons. The average Bonchev–Trinajstić information content (AvgIpc) is 2.33. The molecule has 0 radical (unpaired) electrons. The quantitative estimate of drug-likeness (QED) is 0.897. The largest absolute Gasteiger partial charge is 0.382 e. The van der Waals surface area contributed by atoms with E-state index >= 15 is 0 Å². The van der Waals surface area contributed by atoms with Crippen LogP contribution in [0.1, 0.15) is 19.8 Å². The van der Waals surface area contributed by atoms with Crippen LogP contribution >= 0.6 is 23.2 Å². The van der Waals surface area contributed by atoms with Crippen molar-refractivity contribution in [2.45, 2.75) is 19.8 Å². The first kappa shape index (κ1) is 13.7. The topological polar surface area (TPSA) is 60.2 Å². The van der Waals surface area contributed by atoms with Crippen molar-refractivity contribution in [2.24, 2.45) is 5.41 Å². The molecular weight excluding hydrogens is 273 g/mol. The van der Waals surface area contributed by atoms with E-state index in [0.29, 0.717) is 21.7 Å². The minimum absolute atomic E-state index is 0.206. The van der Waals surface area contributed by atoms with Crippen LogP contribution in [0.2, 0.25) is 10.0 Å². The Labute approximate surface area is 117 Å². The van der Waals surface area contributed by atoms with Crippen LogP contribution in [0.4, 0.5) is 11.6 Å². The number of aromatic nitrogens is 1. The number of ether oxygens (including phenoxy) is 1. The fraction of sp³-hybridized carbons (Fsp3) is 0.583. The smallest absolute Gasteiger partial charge is 0.147 e. The number of nitrogens with two attached hydrogens (primary N) is 1. The van der Waals surface area contributed by atoms with Gasteiger partial charge in [0.25, 0.3) is 0 Å². The number of hydrogen-bond acceptors (Lipinski definition) is 4. The Morgan fingerprint density at radius 1 is 1.39 bits per heavy atom. The van der Waals surface area contributed by atoms with Gasteiger partial charge in [0.05, 0.1) is 10.0 Å². The van der Waals surface area contributed by atoms with Crippen molar-refractivity contribution in [3.8, 4) is 0 Å². The highest BCUT2D eigenvalue weighted by atomic mass is 35.5. The van der Waals surface area contributed by atoms with E-state index in [0.717, 1.165) is 32.6 Å². The summed E-state index contributed by atoms with van der Waals surface area (Å²) in [5, 5.41) is 4.12. The van der Waals surface area contributed by atoms with Crippen molar-refractivity contribution in [3.05, 3.63) is 16.1 Å². The van der Waals surface area contributed by atoms with E-state index < -0.39 is 0 Å². The molecule has 0 aromatic carbocycles. The van der Waals surface area contributed by atoms with E-state index in [1.165, 1.54) is 0 Å². The highest BCUT2D eigenvalue weighted by Gasteiger charge is 2.27. The van der Waals surface area contributed by atoms with Crippen LogP contribution in [-0.2, 0) is 4.74 Å². The summed E-state index contributed by atoms with van der Waals surface area (Å²) in [5.41, 5.74) is 5.88. The highest BCUT2D eigenvalue weighted by Crippen LogP contribution is 2.32. The van der Waals surface area contributed by atoms with Gasteiger partial charge < -0.3 is 15.8 Å². The second-order valence-corrected chi connectivity index (χ2v) is 5.78. The first-order valence-corrected chi connectivity index (χ1v) is 6.69. The average molecular weight is 290 g/mol. The molecule has 4 nitrogen and oxygen atoms in total. The fourth-order valence-electron chi connectivity index (χ4n) is 1.94.